The topological polar surface area (TPSA) is 9.23 Å². The summed E-state index contributed by atoms with van der Waals surface area (Å²) in [6, 6.07) is 0. The Labute approximate surface area is 96.9 Å². The van der Waals surface area contributed by atoms with Gasteiger partial charge in [0.2, 0.25) is 0 Å². The molecule has 1 heterocycles. The van der Waals surface area contributed by atoms with Gasteiger partial charge < -0.3 is 4.74 Å². The van der Waals surface area contributed by atoms with Gasteiger partial charge in [-0.05, 0) is 31.4 Å². The summed E-state index contributed by atoms with van der Waals surface area (Å²) in [7, 11) is 0. The molecule has 1 aliphatic rings. The zero-order chi connectivity index (χ0) is 10.1. The van der Waals surface area contributed by atoms with Crippen LogP contribution in [0, 0.1) is 0 Å². The second-order valence-corrected chi connectivity index (χ2v) is 5.57. The zero-order valence-corrected chi connectivity index (χ0v) is 10.4. The summed E-state index contributed by atoms with van der Waals surface area (Å²) in [4.78, 5) is 0. The van der Waals surface area contributed by atoms with Gasteiger partial charge in [-0.25, -0.2) is 0 Å². The number of halogens is 1. The maximum absolute atomic E-state index is 5.62. The lowest BCUT2D eigenvalue weighted by atomic mass is 10.2. The Morgan fingerprint density at radius 1 is 1.07 bits per heavy atom. The number of ether oxygens (including phenoxy) is 1. The Kier molecular flexibility index (Phi) is 8.03. The van der Waals surface area contributed by atoms with Gasteiger partial charge in [0.1, 0.15) is 0 Å². The van der Waals surface area contributed by atoms with Crippen LogP contribution in [0.5, 0.6) is 0 Å². The molecule has 0 aliphatic carbocycles. The zero-order valence-electron chi connectivity index (χ0n) is 8.84. The Morgan fingerprint density at radius 2 is 1.79 bits per heavy atom. The van der Waals surface area contributed by atoms with Gasteiger partial charge in [-0.15, -0.1) is 11.6 Å². The van der Waals surface area contributed by atoms with Crippen molar-refractivity contribution in [1.29, 1.82) is 0 Å². The van der Waals surface area contributed by atoms with Crippen LogP contribution in [-0.2, 0) is 4.74 Å². The standard InChI is InChI=1S/C11H21ClOS/c12-7-3-1-2-4-10-14-11-5-8-13-9-6-11/h11H,1-10H2. The van der Waals surface area contributed by atoms with Gasteiger partial charge in [0, 0.05) is 24.3 Å². The van der Waals surface area contributed by atoms with Crippen molar-refractivity contribution in [2.75, 3.05) is 24.8 Å². The molecular formula is C11H21ClOS. The van der Waals surface area contributed by atoms with E-state index in [1.165, 1.54) is 44.3 Å². The molecular weight excluding hydrogens is 216 g/mol. The van der Waals surface area contributed by atoms with Crippen molar-refractivity contribution in [2.45, 2.75) is 43.8 Å². The van der Waals surface area contributed by atoms with Gasteiger partial charge in [0.15, 0.2) is 0 Å². The van der Waals surface area contributed by atoms with E-state index in [1.54, 1.807) is 0 Å². The van der Waals surface area contributed by atoms with E-state index < -0.39 is 0 Å². The van der Waals surface area contributed by atoms with Crippen LogP contribution in [0.15, 0.2) is 0 Å². The molecule has 14 heavy (non-hydrogen) atoms. The highest BCUT2D eigenvalue weighted by Crippen LogP contribution is 2.23. The van der Waals surface area contributed by atoms with Gasteiger partial charge in [-0.3, -0.25) is 0 Å². The highest BCUT2D eigenvalue weighted by molar-refractivity contribution is 7.99. The maximum atomic E-state index is 5.62. The number of hydrogen-bond donors (Lipinski definition) is 0. The molecule has 0 radical (unpaired) electrons. The first-order valence-corrected chi connectivity index (χ1v) is 7.27. The van der Waals surface area contributed by atoms with Crippen molar-refractivity contribution in [1.82, 2.24) is 0 Å². The van der Waals surface area contributed by atoms with E-state index in [0.717, 1.165) is 24.3 Å². The van der Waals surface area contributed by atoms with Crippen LogP contribution in [0.1, 0.15) is 38.5 Å². The second kappa shape index (κ2) is 8.87. The van der Waals surface area contributed by atoms with Crippen LogP contribution in [0.3, 0.4) is 0 Å². The third kappa shape index (κ3) is 6.15. The minimum atomic E-state index is 0.826. The molecule has 3 heteroatoms. The van der Waals surface area contributed by atoms with Crippen LogP contribution in [0.4, 0.5) is 0 Å². The third-order valence-electron chi connectivity index (χ3n) is 2.55. The molecule has 1 aliphatic heterocycles. The summed E-state index contributed by atoms with van der Waals surface area (Å²) in [5, 5.41) is 0.872. The number of hydrogen-bond acceptors (Lipinski definition) is 2. The summed E-state index contributed by atoms with van der Waals surface area (Å²) in [5.41, 5.74) is 0. The monoisotopic (exact) mass is 236 g/mol. The van der Waals surface area contributed by atoms with E-state index in [0.29, 0.717) is 0 Å². The average Bonchev–Trinajstić information content (AvgIpc) is 2.25. The van der Waals surface area contributed by atoms with Crippen molar-refractivity contribution in [3.05, 3.63) is 0 Å². The Morgan fingerprint density at radius 3 is 2.50 bits per heavy atom. The Bertz CT molecular complexity index is 126. The summed E-state index contributed by atoms with van der Waals surface area (Å²) in [6.07, 6.45) is 7.71. The second-order valence-electron chi connectivity index (χ2n) is 3.79. The Balaban J connectivity index is 1.82. The van der Waals surface area contributed by atoms with Crippen molar-refractivity contribution < 1.29 is 4.74 Å². The predicted molar refractivity (Wildman–Crippen MR) is 65.5 cm³/mol. The van der Waals surface area contributed by atoms with Gasteiger partial charge in [-0.2, -0.15) is 11.8 Å². The van der Waals surface area contributed by atoms with E-state index in [1.807, 2.05) is 0 Å². The molecule has 1 fully saturated rings. The fraction of sp³-hybridized carbons (Fsp3) is 1.00. The quantitative estimate of drug-likeness (QED) is 0.493. The first kappa shape index (κ1) is 12.7. The molecule has 84 valence electrons. The molecule has 1 saturated heterocycles. The van der Waals surface area contributed by atoms with E-state index in [2.05, 4.69) is 11.8 Å². The molecule has 0 atom stereocenters. The largest absolute Gasteiger partial charge is 0.381 e. The molecule has 1 nitrogen and oxygen atoms in total. The predicted octanol–water partition coefficient (Wildman–Crippen LogP) is 3.70. The van der Waals surface area contributed by atoms with Gasteiger partial charge in [0.25, 0.3) is 0 Å². The average molecular weight is 237 g/mol. The van der Waals surface area contributed by atoms with Crippen molar-refractivity contribution >= 4 is 23.4 Å². The van der Waals surface area contributed by atoms with Gasteiger partial charge in [0.05, 0.1) is 0 Å². The molecule has 1 rings (SSSR count). The van der Waals surface area contributed by atoms with E-state index in [9.17, 15) is 0 Å². The summed E-state index contributed by atoms with van der Waals surface area (Å²) >= 11 is 7.76. The highest BCUT2D eigenvalue weighted by atomic mass is 35.5. The van der Waals surface area contributed by atoms with Crippen LogP contribution in [0.25, 0.3) is 0 Å². The van der Waals surface area contributed by atoms with Crippen LogP contribution in [-0.4, -0.2) is 30.1 Å². The maximum Gasteiger partial charge on any atom is 0.0476 e. The lowest BCUT2D eigenvalue weighted by molar-refractivity contribution is 0.100. The van der Waals surface area contributed by atoms with E-state index in [4.69, 9.17) is 16.3 Å². The fourth-order valence-corrected chi connectivity index (χ4v) is 3.06. The van der Waals surface area contributed by atoms with E-state index in [-0.39, 0.29) is 0 Å². The molecule has 0 unspecified atom stereocenters. The minimum Gasteiger partial charge on any atom is -0.381 e. The molecule has 0 aromatic heterocycles. The van der Waals surface area contributed by atoms with Gasteiger partial charge >= 0.3 is 0 Å². The molecule has 0 N–H and O–H groups in total. The van der Waals surface area contributed by atoms with E-state index >= 15 is 0 Å². The third-order valence-corrected chi connectivity index (χ3v) is 4.28. The number of unbranched alkanes of at least 4 members (excludes halogenated alkanes) is 3. The van der Waals surface area contributed by atoms with Crippen molar-refractivity contribution in [2.24, 2.45) is 0 Å². The number of alkyl halides is 1. The van der Waals surface area contributed by atoms with Crippen LogP contribution in [0.2, 0.25) is 0 Å². The number of rotatable bonds is 7. The fourth-order valence-electron chi connectivity index (χ4n) is 1.64. The Hall–Kier alpha value is 0.600. The SMILES string of the molecule is ClCCCCCCSC1CCOCC1. The molecule has 0 aromatic rings. The first-order valence-electron chi connectivity index (χ1n) is 5.69. The number of thioether (sulfide) groups is 1. The summed E-state index contributed by atoms with van der Waals surface area (Å²) in [6.45, 7) is 1.95. The first-order chi connectivity index (χ1) is 6.93. The lowest BCUT2D eigenvalue weighted by Gasteiger charge is -2.21. The molecule has 0 aromatic carbocycles. The van der Waals surface area contributed by atoms with Crippen molar-refractivity contribution in [3.8, 4) is 0 Å². The molecule has 0 bridgehead atoms. The van der Waals surface area contributed by atoms with Crippen LogP contribution >= 0.6 is 23.4 Å². The highest BCUT2D eigenvalue weighted by Gasteiger charge is 2.13. The summed E-state index contributed by atoms with van der Waals surface area (Å²) in [5.74, 6) is 2.15. The van der Waals surface area contributed by atoms with Gasteiger partial charge in [-0.1, -0.05) is 12.8 Å². The van der Waals surface area contributed by atoms with Crippen molar-refractivity contribution in [3.63, 3.8) is 0 Å². The lowest BCUT2D eigenvalue weighted by Crippen LogP contribution is -2.17. The normalized spacial score (nSPS) is 18.6. The summed E-state index contributed by atoms with van der Waals surface area (Å²) < 4.78 is 5.33. The minimum absolute atomic E-state index is 0.826. The molecule has 0 spiro atoms. The molecule has 0 saturated carbocycles. The molecule has 0 amide bonds. The van der Waals surface area contributed by atoms with Crippen LogP contribution < -0.4 is 0 Å². The smallest absolute Gasteiger partial charge is 0.0476 e.